The van der Waals surface area contributed by atoms with Gasteiger partial charge in [0.1, 0.15) is 0 Å². The minimum atomic E-state index is -3.55. The highest BCUT2D eigenvalue weighted by Crippen LogP contribution is 2.17. The third-order valence-corrected chi connectivity index (χ3v) is 5.00. The number of nitrogens with zero attached hydrogens (tertiary/aromatic N) is 2. The van der Waals surface area contributed by atoms with Crippen LogP contribution in [-0.2, 0) is 14.8 Å². The number of carboxylic acid groups (broad SMARTS) is 1. The second kappa shape index (κ2) is 4.73. The van der Waals surface area contributed by atoms with Crippen molar-refractivity contribution in [2.45, 2.75) is 12.5 Å². The van der Waals surface area contributed by atoms with Gasteiger partial charge in [0.25, 0.3) is 0 Å². The van der Waals surface area contributed by atoms with Crippen molar-refractivity contribution in [3.05, 3.63) is 0 Å². The predicted molar refractivity (Wildman–Crippen MR) is 61.5 cm³/mol. The van der Waals surface area contributed by atoms with Gasteiger partial charge in [-0.05, 0) is 0 Å². The molecule has 0 bridgehead atoms. The maximum Gasteiger partial charge on any atom is 0.317 e. The maximum atomic E-state index is 11.9. The summed E-state index contributed by atoms with van der Waals surface area (Å²) in [7, 11) is -3.55. The van der Waals surface area contributed by atoms with Crippen LogP contribution in [0.4, 0.5) is 4.79 Å². The Morgan fingerprint density at radius 3 is 2.83 bits per heavy atom. The van der Waals surface area contributed by atoms with Crippen LogP contribution in [0.3, 0.4) is 0 Å². The van der Waals surface area contributed by atoms with Gasteiger partial charge in [0.15, 0.2) is 0 Å². The normalized spacial score (nSPS) is 24.8. The number of hydrogen-bond donors (Lipinski definition) is 2. The number of hydrogen-bond acceptors (Lipinski definition) is 4. The highest BCUT2D eigenvalue weighted by Gasteiger charge is 2.39. The van der Waals surface area contributed by atoms with E-state index in [1.54, 1.807) is 4.90 Å². The summed E-state index contributed by atoms with van der Waals surface area (Å²) in [4.78, 5) is 23.4. The number of carbonyl (C=O) groups excluding carboxylic acids is 1. The fourth-order valence-electron chi connectivity index (χ4n) is 2.17. The maximum absolute atomic E-state index is 11.9. The van der Waals surface area contributed by atoms with E-state index in [1.807, 2.05) is 0 Å². The Labute approximate surface area is 105 Å². The van der Waals surface area contributed by atoms with Crippen LogP contribution in [0.15, 0.2) is 0 Å². The molecule has 1 unspecified atom stereocenters. The monoisotopic (exact) mass is 277 g/mol. The number of carboxylic acids is 1. The second-order valence-corrected chi connectivity index (χ2v) is 6.44. The molecule has 102 valence electrons. The zero-order valence-electron chi connectivity index (χ0n) is 9.70. The smallest absolute Gasteiger partial charge is 0.317 e. The van der Waals surface area contributed by atoms with Gasteiger partial charge in [-0.15, -0.1) is 0 Å². The largest absolute Gasteiger partial charge is 0.481 e. The Bertz CT molecular complexity index is 463. The first-order valence-corrected chi connectivity index (χ1v) is 7.25. The number of carbonyl (C=O) groups is 2. The summed E-state index contributed by atoms with van der Waals surface area (Å²) < 4.78 is 25.1. The molecule has 2 aliphatic heterocycles. The molecule has 2 amide bonds. The van der Waals surface area contributed by atoms with Gasteiger partial charge in [-0.3, -0.25) is 4.79 Å². The minimum Gasteiger partial charge on any atom is -0.481 e. The van der Waals surface area contributed by atoms with Crippen LogP contribution in [-0.4, -0.2) is 72.7 Å². The molecule has 2 N–H and O–H groups in total. The Morgan fingerprint density at radius 2 is 2.17 bits per heavy atom. The molecule has 2 fully saturated rings. The topological polar surface area (TPSA) is 107 Å². The molecule has 2 heterocycles. The van der Waals surface area contributed by atoms with E-state index in [2.05, 4.69) is 5.32 Å². The molecule has 2 saturated heterocycles. The van der Waals surface area contributed by atoms with E-state index >= 15 is 0 Å². The first kappa shape index (κ1) is 13.1. The molecule has 0 radical (unpaired) electrons. The highest BCUT2D eigenvalue weighted by molar-refractivity contribution is 7.89. The first-order chi connectivity index (χ1) is 8.40. The number of nitrogens with one attached hydrogen (secondary N) is 1. The predicted octanol–water partition coefficient (Wildman–Crippen LogP) is -1.50. The van der Waals surface area contributed by atoms with E-state index in [-0.39, 0.29) is 25.2 Å². The van der Waals surface area contributed by atoms with Crippen LogP contribution in [0, 0.1) is 0 Å². The van der Waals surface area contributed by atoms with Crippen molar-refractivity contribution in [2.24, 2.45) is 0 Å². The van der Waals surface area contributed by atoms with Crippen molar-refractivity contribution < 1.29 is 23.1 Å². The second-order valence-electron chi connectivity index (χ2n) is 4.35. The molecule has 0 spiro atoms. The average Bonchev–Trinajstić information content (AvgIpc) is 2.68. The summed E-state index contributed by atoms with van der Waals surface area (Å²) in [6.07, 6.45) is -0.398. The molecule has 9 heteroatoms. The summed E-state index contributed by atoms with van der Waals surface area (Å²) in [6.45, 7) is 1.25. The van der Waals surface area contributed by atoms with Gasteiger partial charge in [0.05, 0.1) is 18.2 Å². The Kier molecular flexibility index (Phi) is 3.44. The lowest BCUT2D eigenvalue weighted by Crippen LogP contribution is -2.54. The lowest BCUT2D eigenvalue weighted by atomic mass is 10.2. The van der Waals surface area contributed by atoms with E-state index in [0.29, 0.717) is 13.1 Å². The number of sulfonamides is 1. The zero-order valence-corrected chi connectivity index (χ0v) is 10.5. The third-order valence-electron chi connectivity index (χ3n) is 3.16. The van der Waals surface area contributed by atoms with Gasteiger partial charge in [-0.25, -0.2) is 13.2 Å². The molecule has 0 aromatic heterocycles. The zero-order chi connectivity index (χ0) is 13.3. The van der Waals surface area contributed by atoms with Crippen molar-refractivity contribution in [2.75, 3.05) is 31.9 Å². The quantitative estimate of drug-likeness (QED) is 0.650. The third kappa shape index (κ3) is 2.56. The Balaban J connectivity index is 1.99. The fraction of sp³-hybridized carbons (Fsp3) is 0.778. The van der Waals surface area contributed by atoms with Crippen LogP contribution >= 0.6 is 0 Å². The minimum absolute atomic E-state index is 0.147. The Hall–Kier alpha value is -1.35. The van der Waals surface area contributed by atoms with Gasteiger partial charge in [0, 0.05) is 26.2 Å². The summed E-state index contributed by atoms with van der Waals surface area (Å²) in [5.41, 5.74) is 0. The molecule has 0 saturated carbocycles. The number of urea groups is 1. The molecule has 2 aliphatic rings. The van der Waals surface area contributed by atoms with E-state index in [4.69, 9.17) is 5.11 Å². The fourth-order valence-corrected chi connectivity index (χ4v) is 3.62. The molecule has 8 nitrogen and oxygen atoms in total. The molecule has 0 aliphatic carbocycles. The first-order valence-electron chi connectivity index (χ1n) is 5.64. The highest BCUT2D eigenvalue weighted by atomic mass is 32.2. The lowest BCUT2D eigenvalue weighted by Gasteiger charge is -2.35. The van der Waals surface area contributed by atoms with Crippen molar-refractivity contribution in [1.82, 2.24) is 14.5 Å². The molecule has 2 rings (SSSR count). The van der Waals surface area contributed by atoms with Gasteiger partial charge < -0.3 is 15.3 Å². The van der Waals surface area contributed by atoms with E-state index < -0.39 is 28.2 Å². The number of rotatable bonds is 4. The number of fused-ring (bicyclic) bond motifs is 1. The number of aliphatic carboxylic acids is 1. The molecular formula is C9H15N3O5S. The van der Waals surface area contributed by atoms with E-state index in [0.717, 1.165) is 0 Å². The SMILES string of the molecule is O=C(O)CCS(=O)(=O)N1CCN2C(=O)NCC2C1. The van der Waals surface area contributed by atoms with Crippen LogP contribution < -0.4 is 5.32 Å². The van der Waals surface area contributed by atoms with Crippen LogP contribution in [0.1, 0.15) is 6.42 Å². The van der Waals surface area contributed by atoms with Crippen LogP contribution in [0.25, 0.3) is 0 Å². The van der Waals surface area contributed by atoms with Gasteiger partial charge in [-0.1, -0.05) is 0 Å². The number of amides is 2. The van der Waals surface area contributed by atoms with Crippen molar-refractivity contribution in [3.8, 4) is 0 Å². The van der Waals surface area contributed by atoms with Crippen LogP contribution in [0.5, 0.6) is 0 Å². The molecule has 0 aromatic carbocycles. The Morgan fingerprint density at radius 1 is 1.44 bits per heavy atom. The lowest BCUT2D eigenvalue weighted by molar-refractivity contribution is -0.136. The van der Waals surface area contributed by atoms with Crippen molar-refractivity contribution >= 4 is 22.0 Å². The molecule has 0 aromatic rings. The summed E-state index contributed by atoms with van der Waals surface area (Å²) >= 11 is 0. The van der Waals surface area contributed by atoms with Gasteiger partial charge >= 0.3 is 12.0 Å². The van der Waals surface area contributed by atoms with E-state index in [9.17, 15) is 18.0 Å². The summed E-state index contributed by atoms with van der Waals surface area (Å²) in [6, 6.07) is -0.312. The molecular weight excluding hydrogens is 262 g/mol. The number of piperazine rings is 1. The molecule has 1 atom stereocenters. The van der Waals surface area contributed by atoms with E-state index in [1.165, 1.54) is 4.31 Å². The van der Waals surface area contributed by atoms with Crippen LogP contribution in [0.2, 0.25) is 0 Å². The standard InChI is InChI=1S/C9H15N3O5S/c13-8(14)1-4-18(16,17)11-2-3-12-7(6-11)5-10-9(12)15/h7H,1-6H2,(H,10,15)(H,13,14). The van der Waals surface area contributed by atoms with Crippen molar-refractivity contribution in [1.29, 1.82) is 0 Å². The molecule has 18 heavy (non-hydrogen) atoms. The average molecular weight is 277 g/mol. The van der Waals surface area contributed by atoms with Gasteiger partial charge in [-0.2, -0.15) is 4.31 Å². The summed E-state index contributed by atoms with van der Waals surface area (Å²) in [5, 5.41) is 11.2. The van der Waals surface area contributed by atoms with Gasteiger partial charge in [0.2, 0.25) is 10.0 Å². The summed E-state index contributed by atoms with van der Waals surface area (Å²) in [5.74, 6) is -1.52. The van der Waals surface area contributed by atoms with Crippen molar-refractivity contribution in [3.63, 3.8) is 0 Å².